The highest BCUT2D eigenvalue weighted by molar-refractivity contribution is 5.17. The highest BCUT2D eigenvalue weighted by atomic mass is 16.8. The van der Waals surface area contributed by atoms with E-state index in [9.17, 15) is 5.11 Å². The van der Waals surface area contributed by atoms with Gasteiger partial charge in [0.1, 0.15) is 30.5 Å². The maximum atomic E-state index is 11.9. The van der Waals surface area contributed by atoms with E-state index in [4.69, 9.17) is 43.4 Å². The van der Waals surface area contributed by atoms with Gasteiger partial charge in [0, 0.05) is 29.5 Å². The summed E-state index contributed by atoms with van der Waals surface area (Å²) in [6, 6.07) is 29.4. The zero-order valence-electron chi connectivity index (χ0n) is 28.5. The van der Waals surface area contributed by atoms with Crippen molar-refractivity contribution in [3.63, 3.8) is 0 Å². The number of aliphatic hydroxyl groups is 1. The number of hydrogen-bond acceptors (Lipinski definition) is 10. The summed E-state index contributed by atoms with van der Waals surface area (Å²) >= 11 is 0. The van der Waals surface area contributed by atoms with Crippen LogP contribution in [0.2, 0.25) is 0 Å². The lowest BCUT2D eigenvalue weighted by atomic mass is 9.84. The molecule has 6 rings (SSSR count). The van der Waals surface area contributed by atoms with E-state index in [1.807, 2.05) is 91.0 Å². The molecule has 0 radical (unpaired) electrons. The zero-order valence-corrected chi connectivity index (χ0v) is 28.5. The monoisotopic (exact) mass is 689 g/mol. The molecule has 1 N–H and O–H groups in total. The van der Waals surface area contributed by atoms with E-state index in [1.54, 1.807) is 0 Å². The maximum absolute atomic E-state index is 11.9. The third-order valence-corrected chi connectivity index (χ3v) is 9.55. The number of azide groups is 1. The Morgan fingerprint density at radius 1 is 0.800 bits per heavy atom. The topological polar surface area (TPSA) is 143 Å². The molecule has 3 fully saturated rings. The van der Waals surface area contributed by atoms with Gasteiger partial charge in [-0.25, -0.2) is 0 Å². The van der Waals surface area contributed by atoms with Crippen LogP contribution in [0.1, 0.15) is 43.2 Å². The molecule has 3 heterocycles. The Balaban J connectivity index is 1.20. The van der Waals surface area contributed by atoms with Crippen molar-refractivity contribution in [1.82, 2.24) is 0 Å². The molecule has 0 bridgehead atoms. The molecule has 3 aliphatic heterocycles. The minimum Gasteiger partial charge on any atom is -0.387 e. The van der Waals surface area contributed by atoms with E-state index in [0.717, 1.165) is 16.7 Å². The summed E-state index contributed by atoms with van der Waals surface area (Å²) in [4.78, 5) is 2.83. The first-order chi connectivity index (χ1) is 24.5. The molecule has 0 aliphatic carbocycles. The molecule has 268 valence electrons. The van der Waals surface area contributed by atoms with Crippen LogP contribution in [0.3, 0.4) is 0 Å². The molecule has 5 unspecified atom stereocenters. The van der Waals surface area contributed by atoms with Gasteiger partial charge < -0.3 is 43.0 Å². The average Bonchev–Trinajstić information content (AvgIpc) is 3.16. The third-order valence-electron chi connectivity index (χ3n) is 9.55. The van der Waals surface area contributed by atoms with Crippen molar-refractivity contribution >= 4 is 0 Å². The van der Waals surface area contributed by atoms with Crippen molar-refractivity contribution in [2.75, 3.05) is 26.4 Å². The van der Waals surface area contributed by atoms with Gasteiger partial charge in [-0.05, 0) is 29.0 Å². The Kier molecular flexibility index (Phi) is 13.3. The van der Waals surface area contributed by atoms with Crippen molar-refractivity contribution in [3.8, 4) is 0 Å². The Bertz CT molecular complexity index is 1480. The van der Waals surface area contributed by atoms with Crippen molar-refractivity contribution in [2.24, 2.45) is 17.0 Å². The SMILES string of the molecule is CC1[C@H](O[C@@H]2C(OCc3ccccc3)[C@H](OCCCN=[N+]=[N-])OC(COCc3ccccc3)[C@@H]2O)OC2COC(c3ccccc3)O[C@H]2[C@@H]1C. The van der Waals surface area contributed by atoms with Crippen LogP contribution in [0.15, 0.2) is 96.1 Å². The minimum absolute atomic E-state index is 0.0484. The highest BCUT2D eigenvalue weighted by Gasteiger charge is 2.52. The molecular weight excluding hydrogens is 642 g/mol. The molecule has 12 nitrogen and oxygen atoms in total. The number of benzene rings is 3. The van der Waals surface area contributed by atoms with Crippen LogP contribution < -0.4 is 0 Å². The number of ether oxygens (including phenoxy) is 8. The summed E-state index contributed by atoms with van der Waals surface area (Å²) in [5.74, 6) is -0.0566. The van der Waals surface area contributed by atoms with Crippen LogP contribution in [-0.2, 0) is 51.1 Å². The number of hydrogen-bond donors (Lipinski definition) is 1. The van der Waals surface area contributed by atoms with Crippen LogP contribution in [-0.4, -0.2) is 80.7 Å². The molecule has 0 saturated carbocycles. The lowest BCUT2D eigenvalue weighted by Crippen LogP contribution is -2.63. The second kappa shape index (κ2) is 18.2. The van der Waals surface area contributed by atoms with Crippen LogP contribution >= 0.6 is 0 Å². The Morgan fingerprint density at radius 3 is 2.18 bits per heavy atom. The Hall–Kier alpha value is -3.39. The molecule has 3 aliphatic rings. The first-order valence-corrected chi connectivity index (χ1v) is 17.4. The predicted octanol–water partition coefficient (Wildman–Crippen LogP) is 6.09. The first kappa shape index (κ1) is 36.4. The van der Waals surface area contributed by atoms with E-state index in [1.165, 1.54) is 0 Å². The van der Waals surface area contributed by atoms with Crippen LogP contribution in [0, 0.1) is 11.8 Å². The second-order valence-electron chi connectivity index (χ2n) is 13.0. The lowest BCUT2D eigenvalue weighted by Gasteiger charge is -2.50. The summed E-state index contributed by atoms with van der Waals surface area (Å²) in [5.41, 5.74) is 11.6. The van der Waals surface area contributed by atoms with Gasteiger partial charge in [-0.3, -0.25) is 0 Å². The van der Waals surface area contributed by atoms with Gasteiger partial charge in [-0.2, -0.15) is 0 Å². The van der Waals surface area contributed by atoms with Gasteiger partial charge in [0.15, 0.2) is 18.9 Å². The molecule has 3 aromatic carbocycles. The molecule has 3 aromatic rings. The summed E-state index contributed by atoms with van der Waals surface area (Å²) < 4.78 is 51.0. The molecule has 12 heteroatoms. The molecule has 0 aromatic heterocycles. The smallest absolute Gasteiger partial charge is 0.186 e. The molecule has 0 spiro atoms. The van der Waals surface area contributed by atoms with E-state index in [-0.39, 0.29) is 50.4 Å². The fourth-order valence-corrected chi connectivity index (χ4v) is 6.57. The van der Waals surface area contributed by atoms with E-state index in [2.05, 4.69) is 23.9 Å². The van der Waals surface area contributed by atoms with E-state index >= 15 is 0 Å². The third kappa shape index (κ3) is 9.28. The van der Waals surface area contributed by atoms with Gasteiger partial charge >= 0.3 is 0 Å². The lowest BCUT2D eigenvalue weighted by molar-refractivity contribution is -0.377. The zero-order chi connectivity index (χ0) is 34.7. The van der Waals surface area contributed by atoms with Crippen LogP contribution in [0.4, 0.5) is 0 Å². The van der Waals surface area contributed by atoms with E-state index < -0.39 is 43.3 Å². The standard InChI is InChI=1S/C38H47N3O9/c1-25-26(2)36(48-31-24-46-37(49-33(25)31)29-17-10-5-11-18-29)50-34-32(42)30(23-43-21-27-13-6-3-7-14-27)47-38(44-20-12-19-40-41-39)35(34)45-22-28-15-8-4-9-16-28/h3-11,13-18,25-26,30-38,42H,12,19-24H2,1-2H3/t25-,26?,30?,31?,32+,33+,34+,35?,36+,37?,38-/m1/s1. The Labute approximate surface area is 293 Å². The fourth-order valence-electron chi connectivity index (χ4n) is 6.57. The van der Waals surface area contributed by atoms with Gasteiger partial charge in [0.05, 0.1) is 32.5 Å². The van der Waals surface area contributed by atoms with Gasteiger partial charge in [0.2, 0.25) is 0 Å². The highest BCUT2D eigenvalue weighted by Crippen LogP contribution is 2.41. The van der Waals surface area contributed by atoms with Gasteiger partial charge in [-0.1, -0.05) is 110 Å². The maximum Gasteiger partial charge on any atom is 0.186 e. The summed E-state index contributed by atoms with van der Waals surface area (Å²) in [7, 11) is 0. The van der Waals surface area contributed by atoms with Gasteiger partial charge in [-0.15, -0.1) is 0 Å². The van der Waals surface area contributed by atoms with Crippen molar-refractivity contribution < 1.29 is 43.0 Å². The molecule has 50 heavy (non-hydrogen) atoms. The number of rotatable bonds is 15. The summed E-state index contributed by atoms with van der Waals surface area (Å²) in [5, 5.41) is 15.5. The average molecular weight is 690 g/mol. The van der Waals surface area contributed by atoms with Crippen LogP contribution in [0.25, 0.3) is 10.4 Å². The van der Waals surface area contributed by atoms with E-state index in [0.29, 0.717) is 19.6 Å². The van der Waals surface area contributed by atoms with Crippen LogP contribution in [0.5, 0.6) is 0 Å². The largest absolute Gasteiger partial charge is 0.387 e. The molecule has 3 saturated heterocycles. The van der Waals surface area contributed by atoms with Crippen molar-refractivity contribution in [1.29, 1.82) is 0 Å². The second-order valence-corrected chi connectivity index (χ2v) is 13.0. The summed E-state index contributed by atoms with van der Waals surface area (Å²) in [6.07, 6.45) is -5.87. The van der Waals surface area contributed by atoms with Crippen molar-refractivity contribution in [3.05, 3.63) is 118 Å². The minimum atomic E-state index is -1.14. The quantitative estimate of drug-likeness (QED) is 0.0868. The normalized spacial score (nSPS) is 32.5. The molecular formula is C38H47N3O9. The molecule has 0 amide bonds. The molecule has 11 atom stereocenters. The Morgan fingerprint density at radius 2 is 1.48 bits per heavy atom. The fraction of sp³-hybridized carbons (Fsp3) is 0.526. The predicted molar refractivity (Wildman–Crippen MR) is 182 cm³/mol. The summed E-state index contributed by atoms with van der Waals surface area (Å²) in [6.45, 7) is 5.71. The number of nitrogens with zero attached hydrogens (tertiary/aromatic N) is 3. The number of aliphatic hydroxyl groups excluding tert-OH is 1. The van der Waals surface area contributed by atoms with Crippen molar-refractivity contribution in [2.45, 2.75) is 89.0 Å². The van der Waals surface area contributed by atoms with Gasteiger partial charge in [0.25, 0.3) is 0 Å². The number of fused-ring (bicyclic) bond motifs is 1. The first-order valence-electron chi connectivity index (χ1n) is 17.4.